The summed E-state index contributed by atoms with van der Waals surface area (Å²) >= 11 is 0. The van der Waals surface area contributed by atoms with Crippen molar-refractivity contribution in [2.24, 2.45) is 0 Å². The number of halogens is 3. The first kappa shape index (κ1) is 13.1. The number of nitrogens with one attached hydrogen (secondary N) is 1. The smallest absolute Gasteiger partial charge is 0.312 e. The summed E-state index contributed by atoms with van der Waals surface area (Å²) in [6, 6.07) is 4.69. The first-order valence-electron chi connectivity index (χ1n) is 5.17. The lowest BCUT2D eigenvalue weighted by Gasteiger charge is -2.10. The predicted octanol–water partition coefficient (Wildman–Crippen LogP) is 1.50. The lowest BCUT2D eigenvalue weighted by atomic mass is 10.3. The van der Waals surface area contributed by atoms with Crippen molar-refractivity contribution >= 4 is 17.2 Å². The highest BCUT2D eigenvalue weighted by Crippen LogP contribution is 2.18. The minimum absolute atomic E-state index is 0.0220. The molecule has 2 rings (SSSR count). The van der Waals surface area contributed by atoms with Crippen LogP contribution in [0, 0.1) is 6.92 Å². The molecule has 2 heterocycles. The SMILES string of the molecule is Cc1nc2ccccn2c(=O)c1NC(=O)C(F)(F)F. The van der Waals surface area contributed by atoms with Crippen molar-refractivity contribution < 1.29 is 18.0 Å². The molecule has 0 bridgehead atoms. The molecule has 2 aromatic heterocycles. The van der Waals surface area contributed by atoms with Crippen LogP contribution in [-0.4, -0.2) is 21.5 Å². The van der Waals surface area contributed by atoms with E-state index in [9.17, 15) is 22.8 Å². The number of anilines is 1. The van der Waals surface area contributed by atoms with Gasteiger partial charge in [0.2, 0.25) is 0 Å². The Balaban J connectivity index is 2.56. The van der Waals surface area contributed by atoms with E-state index in [-0.39, 0.29) is 11.3 Å². The molecule has 1 amide bonds. The third kappa shape index (κ3) is 2.42. The van der Waals surface area contributed by atoms with E-state index < -0.39 is 23.3 Å². The molecule has 0 spiro atoms. The summed E-state index contributed by atoms with van der Waals surface area (Å²) in [5.74, 6) is -2.20. The number of pyridine rings is 1. The van der Waals surface area contributed by atoms with Crippen LogP contribution < -0.4 is 10.9 Å². The van der Waals surface area contributed by atoms with Crippen LogP contribution in [0.1, 0.15) is 5.69 Å². The normalized spacial score (nSPS) is 11.6. The number of carbonyl (C=O) groups excluding carboxylic acids is 1. The number of rotatable bonds is 1. The van der Waals surface area contributed by atoms with E-state index in [1.165, 1.54) is 25.3 Å². The second-order valence-electron chi connectivity index (χ2n) is 3.76. The molecule has 0 saturated carbocycles. The Morgan fingerprint density at radius 3 is 2.68 bits per heavy atom. The molecule has 2 aromatic rings. The third-order valence-electron chi connectivity index (χ3n) is 2.41. The van der Waals surface area contributed by atoms with Gasteiger partial charge in [0.15, 0.2) is 0 Å². The van der Waals surface area contributed by atoms with Gasteiger partial charge in [0, 0.05) is 6.20 Å². The van der Waals surface area contributed by atoms with Gasteiger partial charge in [0.25, 0.3) is 5.56 Å². The van der Waals surface area contributed by atoms with Crippen molar-refractivity contribution in [2.45, 2.75) is 13.1 Å². The number of alkyl halides is 3. The molecule has 8 heteroatoms. The summed E-state index contributed by atoms with van der Waals surface area (Å²) in [7, 11) is 0. The van der Waals surface area contributed by atoms with E-state index in [4.69, 9.17) is 0 Å². The molecule has 0 aliphatic rings. The van der Waals surface area contributed by atoms with E-state index in [0.29, 0.717) is 0 Å². The van der Waals surface area contributed by atoms with Crippen LogP contribution in [0.15, 0.2) is 29.2 Å². The Kier molecular flexibility index (Phi) is 3.01. The average Bonchev–Trinajstić information content (AvgIpc) is 2.33. The van der Waals surface area contributed by atoms with Crippen molar-refractivity contribution in [3.63, 3.8) is 0 Å². The minimum atomic E-state index is -5.06. The molecule has 0 fully saturated rings. The van der Waals surface area contributed by atoms with Crippen LogP contribution in [0.25, 0.3) is 5.65 Å². The monoisotopic (exact) mass is 271 g/mol. The summed E-state index contributed by atoms with van der Waals surface area (Å²) < 4.78 is 37.6. The highest BCUT2D eigenvalue weighted by molar-refractivity contribution is 5.95. The summed E-state index contributed by atoms with van der Waals surface area (Å²) in [6.07, 6.45) is -3.71. The quantitative estimate of drug-likeness (QED) is 0.855. The fraction of sp³-hybridized carbons (Fsp3) is 0.182. The number of aryl methyl sites for hydroxylation is 1. The van der Waals surface area contributed by atoms with Gasteiger partial charge in [-0.2, -0.15) is 13.2 Å². The second kappa shape index (κ2) is 4.38. The standard InChI is InChI=1S/C11H8F3N3O2/c1-6-8(16-10(19)11(12,13)14)9(18)17-5-3-2-4-7(17)15-6/h2-5H,1H3,(H,16,19). The van der Waals surface area contributed by atoms with Crippen LogP contribution in [0.2, 0.25) is 0 Å². The molecule has 0 radical (unpaired) electrons. The fourth-order valence-corrected chi connectivity index (χ4v) is 1.53. The number of aromatic nitrogens is 2. The van der Waals surface area contributed by atoms with Gasteiger partial charge in [-0.3, -0.25) is 14.0 Å². The summed E-state index contributed by atoms with van der Waals surface area (Å²) in [4.78, 5) is 26.8. The van der Waals surface area contributed by atoms with E-state index in [1.54, 1.807) is 11.4 Å². The van der Waals surface area contributed by atoms with Gasteiger partial charge < -0.3 is 5.32 Å². The third-order valence-corrected chi connectivity index (χ3v) is 2.41. The van der Waals surface area contributed by atoms with Gasteiger partial charge in [0.05, 0.1) is 5.69 Å². The molecule has 100 valence electrons. The second-order valence-corrected chi connectivity index (χ2v) is 3.76. The Morgan fingerprint density at radius 2 is 2.05 bits per heavy atom. The molecular weight excluding hydrogens is 263 g/mol. The van der Waals surface area contributed by atoms with Crippen molar-refractivity contribution in [2.75, 3.05) is 5.32 Å². The van der Waals surface area contributed by atoms with Gasteiger partial charge in [-0.15, -0.1) is 0 Å². The predicted molar refractivity (Wildman–Crippen MR) is 60.9 cm³/mol. The maximum absolute atomic E-state index is 12.2. The first-order chi connectivity index (χ1) is 8.80. The van der Waals surface area contributed by atoms with Crippen molar-refractivity contribution in [1.29, 1.82) is 0 Å². The van der Waals surface area contributed by atoms with Crippen molar-refractivity contribution in [1.82, 2.24) is 9.38 Å². The molecule has 0 aliphatic heterocycles. The maximum Gasteiger partial charge on any atom is 0.471 e. The van der Waals surface area contributed by atoms with E-state index >= 15 is 0 Å². The zero-order chi connectivity index (χ0) is 14.2. The molecule has 19 heavy (non-hydrogen) atoms. The van der Waals surface area contributed by atoms with E-state index in [2.05, 4.69) is 4.98 Å². The zero-order valence-corrected chi connectivity index (χ0v) is 9.65. The van der Waals surface area contributed by atoms with Crippen molar-refractivity contribution in [3.8, 4) is 0 Å². The topological polar surface area (TPSA) is 63.5 Å². The molecule has 0 aliphatic carbocycles. The minimum Gasteiger partial charge on any atom is -0.312 e. The average molecular weight is 271 g/mol. The Morgan fingerprint density at radius 1 is 1.37 bits per heavy atom. The van der Waals surface area contributed by atoms with Gasteiger partial charge in [-0.05, 0) is 19.1 Å². The Hall–Kier alpha value is -2.38. The lowest BCUT2D eigenvalue weighted by molar-refractivity contribution is -0.167. The summed E-state index contributed by atoms with van der Waals surface area (Å²) in [6.45, 7) is 1.35. The van der Waals surface area contributed by atoms with Crippen LogP contribution in [0.3, 0.4) is 0 Å². The number of hydrogen-bond acceptors (Lipinski definition) is 3. The maximum atomic E-state index is 12.2. The largest absolute Gasteiger partial charge is 0.471 e. The van der Waals surface area contributed by atoms with Crippen LogP contribution >= 0.6 is 0 Å². The van der Waals surface area contributed by atoms with Crippen LogP contribution in [0.5, 0.6) is 0 Å². The Bertz CT molecular complexity index is 706. The summed E-state index contributed by atoms with van der Waals surface area (Å²) in [5.41, 5.74) is -0.935. The number of amides is 1. The fourth-order valence-electron chi connectivity index (χ4n) is 1.53. The van der Waals surface area contributed by atoms with Gasteiger partial charge in [0.1, 0.15) is 11.3 Å². The molecule has 0 saturated heterocycles. The van der Waals surface area contributed by atoms with E-state index in [0.717, 1.165) is 4.40 Å². The molecule has 0 aromatic carbocycles. The number of fused-ring (bicyclic) bond motifs is 1. The molecular formula is C11H8F3N3O2. The van der Waals surface area contributed by atoms with Crippen LogP contribution in [-0.2, 0) is 4.79 Å². The molecule has 5 nitrogen and oxygen atoms in total. The molecule has 1 N–H and O–H groups in total. The van der Waals surface area contributed by atoms with Crippen molar-refractivity contribution in [3.05, 3.63) is 40.4 Å². The summed E-state index contributed by atoms with van der Waals surface area (Å²) in [5, 5.41) is 1.55. The first-order valence-corrected chi connectivity index (χ1v) is 5.17. The zero-order valence-electron chi connectivity index (χ0n) is 9.65. The molecule has 0 atom stereocenters. The highest BCUT2D eigenvalue weighted by atomic mass is 19.4. The number of hydrogen-bond donors (Lipinski definition) is 1. The van der Waals surface area contributed by atoms with Gasteiger partial charge in [-0.25, -0.2) is 4.98 Å². The van der Waals surface area contributed by atoms with Crippen LogP contribution in [0.4, 0.5) is 18.9 Å². The highest BCUT2D eigenvalue weighted by Gasteiger charge is 2.39. The van der Waals surface area contributed by atoms with Gasteiger partial charge in [-0.1, -0.05) is 6.07 Å². The number of carbonyl (C=O) groups is 1. The Labute approximate surface area is 104 Å². The van der Waals surface area contributed by atoms with E-state index in [1.807, 2.05) is 0 Å². The van der Waals surface area contributed by atoms with Gasteiger partial charge >= 0.3 is 12.1 Å². The molecule has 0 unspecified atom stereocenters. The number of nitrogens with zero attached hydrogens (tertiary/aromatic N) is 2. The lowest BCUT2D eigenvalue weighted by Crippen LogP contribution is -2.33.